The Kier molecular flexibility index (Phi) is 5.63. The zero-order valence-corrected chi connectivity index (χ0v) is 13.3. The number of aryl methyl sites for hydroxylation is 1. The van der Waals surface area contributed by atoms with Gasteiger partial charge in [-0.05, 0) is 30.9 Å². The Hall–Kier alpha value is 0.0900. The van der Waals surface area contributed by atoms with Crippen LogP contribution in [-0.4, -0.2) is 27.0 Å². The van der Waals surface area contributed by atoms with E-state index in [2.05, 4.69) is 15.9 Å². The van der Waals surface area contributed by atoms with Crippen LogP contribution in [0, 0.1) is 6.92 Å². The van der Waals surface area contributed by atoms with Gasteiger partial charge in [-0.15, -0.1) is 0 Å². The Labute approximate surface area is 118 Å². The van der Waals surface area contributed by atoms with Gasteiger partial charge in [0.05, 0.1) is 6.61 Å². The van der Waals surface area contributed by atoms with E-state index in [1.807, 2.05) is 6.26 Å². The first kappa shape index (κ1) is 15.1. The highest BCUT2D eigenvalue weighted by atomic mass is 79.9. The highest BCUT2D eigenvalue weighted by molar-refractivity contribution is 9.10. The Morgan fingerprint density at radius 2 is 2.12 bits per heavy atom. The summed E-state index contributed by atoms with van der Waals surface area (Å²) in [7, 11) is 1.58. The largest absolute Gasteiger partial charge is 0.491 e. The molecule has 17 heavy (non-hydrogen) atoms. The molecule has 0 N–H and O–H groups in total. The normalized spacial score (nSPS) is 11.5. The summed E-state index contributed by atoms with van der Waals surface area (Å²) in [6.07, 6.45) is 1.96. The average molecular weight is 360 g/mol. The molecule has 0 bridgehead atoms. The molecule has 96 valence electrons. The fraction of sp³-hybridized carbons (Fsp3) is 0.400. The first-order valence-electron chi connectivity index (χ1n) is 4.73. The molecule has 0 spiro atoms. The van der Waals surface area contributed by atoms with Gasteiger partial charge in [-0.2, -0.15) is 11.8 Å². The van der Waals surface area contributed by atoms with E-state index < -0.39 is 9.05 Å². The third-order valence-corrected chi connectivity index (χ3v) is 4.36. The van der Waals surface area contributed by atoms with Gasteiger partial charge < -0.3 is 4.74 Å². The molecule has 0 saturated carbocycles. The van der Waals surface area contributed by atoms with Gasteiger partial charge in [0.15, 0.2) is 0 Å². The smallest absolute Gasteiger partial charge is 0.265 e. The van der Waals surface area contributed by atoms with Gasteiger partial charge in [0.1, 0.15) is 10.6 Å². The molecular formula is C10H12BrClO3S2. The topological polar surface area (TPSA) is 43.4 Å². The summed E-state index contributed by atoms with van der Waals surface area (Å²) >= 11 is 4.87. The Morgan fingerprint density at radius 1 is 1.47 bits per heavy atom. The molecule has 0 fully saturated rings. The van der Waals surface area contributed by atoms with Crippen molar-refractivity contribution in [2.75, 3.05) is 18.6 Å². The lowest BCUT2D eigenvalue weighted by Crippen LogP contribution is -2.05. The van der Waals surface area contributed by atoms with Gasteiger partial charge in [0, 0.05) is 20.9 Å². The van der Waals surface area contributed by atoms with Gasteiger partial charge in [0.25, 0.3) is 9.05 Å². The van der Waals surface area contributed by atoms with Crippen molar-refractivity contribution in [1.29, 1.82) is 0 Å². The molecule has 1 rings (SSSR count). The molecule has 0 heterocycles. The highest BCUT2D eigenvalue weighted by Gasteiger charge is 2.19. The Balaban J connectivity index is 3.17. The number of thioether (sulfide) groups is 1. The van der Waals surface area contributed by atoms with Crippen LogP contribution < -0.4 is 4.74 Å². The lowest BCUT2D eigenvalue weighted by atomic mass is 10.2. The lowest BCUT2D eigenvalue weighted by Gasteiger charge is -2.12. The van der Waals surface area contributed by atoms with Crippen molar-refractivity contribution >= 4 is 47.4 Å². The van der Waals surface area contributed by atoms with Gasteiger partial charge in [-0.1, -0.05) is 15.9 Å². The molecule has 0 amide bonds. The van der Waals surface area contributed by atoms with Crippen molar-refractivity contribution in [3.8, 4) is 5.75 Å². The van der Waals surface area contributed by atoms with E-state index in [9.17, 15) is 8.42 Å². The number of benzene rings is 1. The standard InChI is InChI=1S/C10H12BrClO3S2/c1-7-5-8(11)6-9(17(12,13)14)10(7)15-3-4-16-2/h5-6H,3-4H2,1-2H3. The van der Waals surface area contributed by atoms with Crippen molar-refractivity contribution < 1.29 is 13.2 Å². The number of hydrogen-bond donors (Lipinski definition) is 0. The van der Waals surface area contributed by atoms with E-state index >= 15 is 0 Å². The number of hydrogen-bond acceptors (Lipinski definition) is 4. The minimum absolute atomic E-state index is 0.00662. The second-order valence-electron chi connectivity index (χ2n) is 3.33. The van der Waals surface area contributed by atoms with Crippen LogP contribution in [0.3, 0.4) is 0 Å². The maximum atomic E-state index is 11.5. The summed E-state index contributed by atoms with van der Waals surface area (Å²) in [5.41, 5.74) is 0.736. The SMILES string of the molecule is CSCCOc1c(C)cc(Br)cc1S(=O)(=O)Cl. The van der Waals surface area contributed by atoms with Gasteiger partial charge >= 0.3 is 0 Å². The second kappa shape index (κ2) is 6.31. The first-order chi connectivity index (χ1) is 7.86. The molecule has 1 aromatic rings. The van der Waals surface area contributed by atoms with Gasteiger partial charge in [0.2, 0.25) is 0 Å². The summed E-state index contributed by atoms with van der Waals surface area (Å²) in [6, 6.07) is 3.24. The van der Waals surface area contributed by atoms with Crippen molar-refractivity contribution in [1.82, 2.24) is 0 Å². The van der Waals surface area contributed by atoms with E-state index in [-0.39, 0.29) is 4.90 Å². The number of ether oxygens (including phenoxy) is 1. The summed E-state index contributed by atoms with van der Waals surface area (Å²) in [4.78, 5) is 0.00662. The van der Waals surface area contributed by atoms with Crippen LogP contribution in [0.25, 0.3) is 0 Å². The minimum atomic E-state index is -3.81. The predicted molar refractivity (Wildman–Crippen MR) is 75.8 cm³/mol. The molecule has 3 nitrogen and oxygen atoms in total. The molecule has 7 heteroatoms. The summed E-state index contributed by atoms with van der Waals surface area (Å²) in [6.45, 7) is 2.23. The molecular weight excluding hydrogens is 348 g/mol. The Morgan fingerprint density at radius 3 is 2.65 bits per heavy atom. The van der Waals surface area contributed by atoms with Crippen LogP contribution in [-0.2, 0) is 9.05 Å². The summed E-state index contributed by atoms with van der Waals surface area (Å²) in [5.74, 6) is 1.12. The average Bonchev–Trinajstić information content (AvgIpc) is 2.19. The molecule has 0 unspecified atom stereocenters. The van der Waals surface area contributed by atoms with Crippen molar-refractivity contribution in [3.63, 3.8) is 0 Å². The first-order valence-corrected chi connectivity index (χ1v) is 9.22. The van der Waals surface area contributed by atoms with E-state index in [4.69, 9.17) is 15.4 Å². The van der Waals surface area contributed by atoms with Gasteiger partial charge in [-0.25, -0.2) is 8.42 Å². The van der Waals surface area contributed by atoms with Crippen molar-refractivity contribution in [2.45, 2.75) is 11.8 Å². The van der Waals surface area contributed by atoms with E-state index in [0.717, 1.165) is 11.3 Å². The van der Waals surface area contributed by atoms with Crippen molar-refractivity contribution in [3.05, 3.63) is 22.2 Å². The van der Waals surface area contributed by atoms with Crippen LogP contribution >= 0.6 is 38.4 Å². The van der Waals surface area contributed by atoms with Crippen LogP contribution in [0.2, 0.25) is 0 Å². The van der Waals surface area contributed by atoms with Gasteiger partial charge in [-0.3, -0.25) is 0 Å². The fourth-order valence-corrected chi connectivity index (χ4v) is 3.32. The lowest BCUT2D eigenvalue weighted by molar-refractivity contribution is 0.332. The monoisotopic (exact) mass is 358 g/mol. The third-order valence-electron chi connectivity index (χ3n) is 2.00. The molecule has 0 radical (unpaired) electrons. The molecule has 1 aromatic carbocycles. The highest BCUT2D eigenvalue weighted by Crippen LogP contribution is 2.33. The van der Waals surface area contributed by atoms with Crippen LogP contribution in [0.1, 0.15) is 5.56 Å². The van der Waals surface area contributed by atoms with Crippen LogP contribution in [0.15, 0.2) is 21.5 Å². The second-order valence-corrected chi connectivity index (χ2v) is 7.76. The number of halogens is 2. The maximum absolute atomic E-state index is 11.5. The van der Waals surface area contributed by atoms with E-state index in [1.54, 1.807) is 24.8 Å². The zero-order valence-electron chi connectivity index (χ0n) is 9.37. The maximum Gasteiger partial charge on any atom is 0.265 e. The molecule has 0 aliphatic heterocycles. The van der Waals surface area contributed by atoms with Crippen LogP contribution in [0.5, 0.6) is 5.75 Å². The van der Waals surface area contributed by atoms with E-state index in [0.29, 0.717) is 16.8 Å². The Bertz CT molecular complexity index is 503. The quantitative estimate of drug-likeness (QED) is 0.597. The third kappa shape index (κ3) is 4.35. The van der Waals surface area contributed by atoms with E-state index in [1.165, 1.54) is 6.07 Å². The summed E-state index contributed by atoms with van der Waals surface area (Å²) in [5, 5.41) is 0. The molecule has 0 aromatic heterocycles. The summed E-state index contributed by atoms with van der Waals surface area (Å²) < 4.78 is 29.0. The number of rotatable bonds is 5. The zero-order chi connectivity index (χ0) is 13.1. The van der Waals surface area contributed by atoms with Crippen LogP contribution in [0.4, 0.5) is 0 Å². The fourth-order valence-electron chi connectivity index (χ4n) is 1.29. The molecule has 0 aliphatic rings. The van der Waals surface area contributed by atoms with Crippen molar-refractivity contribution in [2.24, 2.45) is 0 Å². The minimum Gasteiger partial charge on any atom is -0.491 e. The molecule has 0 atom stereocenters. The predicted octanol–water partition coefficient (Wildman–Crippen LogP) is 3.43. The molecule has 0 aliphatic carbocycles. The molecule has 0 saturated heterocycles.